The monoisotopic (exact) mass is 426 g/mol. The lowest BCUT2D eigenvalue weighted by molar-refractivity contribution is -0.154. The quantitative estimate of drug-likeness (QED) is 0.706. The van der Waals surface area contributed by atoms with Crippen molar-refractivity contribution < 1.29 is 22.3 Å². The van der Waals surface area contributed by atoms with Crippen LogP contribution in [-0.4, -0.2) is 48.1 Å². The average molecular weight is 426 g/mol. The second-order valence-corrected chi connectivity index (χ2v) is 7.45. The highest BCUT2D eigenvalue weighted by molar-refractivity contribution is 5.48. The topological polar surface area (TPSA) is 50.6 Å². The maximum absolute atomic E-state index is 14.4. The summed E-state index contributed by atoms with van der Waals surface area (Å²) in [7, 11) is 0. The number of anilines is 2. The number of morpholine rings is 1. The summed E-state index contributed by atoms with van der Waals surface area (Å²) in [5.41, 5.74) is -0.306. The van der Waals surface area contributed by atoms with Gasteiger partial charge in [-0.15, -0.1) is 0 Å². The van der Waals surface area contributed by atoms with Crippen LogP contribution in [0.2, 0.25) is 0 Å². The Morgan fingerprint density at radius 3 is 2.53 bits per heavy atom. The van der Waals surface area contributed by atoms with Crippen molar-refractivity contribution in [3.05, 3.63) is 52.1 Å². The highest BCUT2D eigenvalue weighted by Crippen LogP contribution is 2.40. The van der Waals surface area contributed by atoms with Crippen molar-refractivity contribution in [2.24, 2.45) is 0 Å². The Bertz CT molecular complexity index is 972. The molecule has 1 saturated heterocycles. The SMILES string of the molecule is C[C@@H](c1ccccc1F)N1c2nc(N3CCOCC3)cc(=O)n2CC[C@H]1C(F)(F)F. The van der Waals surface area contributed by atoms with E-state index in [1.54, 1.807) is 6.07 Å². The molecule has 1 aromatic heterocycles. The standard InChI is InChI=1S/C20H22F4N4O2/c1-13(14-4-2-3-5-15(14)21)28-16(20(22,23)24)6-7-27-18(29)12-17(25-19(27)28)26-8-10-30-11-9-26/h2-5,12-13,16H,6-11H2,1H3/t13-,16-/m0/s1. The number of hydrogen-bond acceptors (Lipinski definition) is 5. The molecule has 0 unspecified atom stereocenters. The van der Waals surface area contributed by atoms with Gasteiger partial charge in [0, 0.05) is 31.3 Å². The third-order valence-corrected chi connectivity index (χ3v) is 5.65. The number of fused-ring (bicyclic) bond motifs is 1. The first kappa shape index (κ1) is 20.6. The molecule has 10 heteroatoms. The molecule has 0 aliphatic carbocycles. The zero-order chi connectivity index (χ0) is 21.5. The van der Waals surface area contributed by atoms with Gasteiger partial charge in [0.2, 0.25) is 5.95 Å². The molecule has 162 valence electrons. The lowest BCUT2D eigenvalue weighted by Crippen LogP contribution is -2.53. The van der Waals surface area contributed by atoms with Gasteiger partial charge in [-0.25, -0.2) is 4.39 Å². The number of aromatic nitrogens is 2. The first-order valence-corrected chi connectivity index (χ1v) is 9.81. The molecule has 0 N–H and O–H groups in total. The number of halogens is 4. The minimum absolute atomic E-state index is 0.0895. The van der Waals surface area contributed by atoms with Gasteiger partial charge in [0.15, 0.2) is 0 Å². The summed E-state index contributed by atoms with van der Waals surface area (Å²) in [5, 5.41) is 0. The summed E-state index contributed by atoms with van der Waals surface area (Å²) < 4.78 is 62.8. The Kier molecular flexibility index (Phi) is 5.44. The Morgan fingerprint density at radius 1 is 1.17 bits per heavy atom. The Hall–Kier alpha value is -2.62. The van der Waals surface area contributed by atoms with E-state index in [-0.39, 0.29) is 24.5 Å². The molecule has 2 atom stereocenters. The summed E-state index contributed by atoms with van der Waals surface area (Å²) in [4.78, 5) is 20.0. The molecule has 0 saturated carbocycles. The Balaban J connectivity index is 1.84. The van der Waals surface area contributed by atoms with Gasteiger partial charge >= 0.3 is 6.18 Å². The fourth-order valence-electron chi connectivity index (χ4n) is 4.10. The van der Waals surface area contributed by atoms with Gasteiger partial charge in [-0.1, -0.05) is 18.2 Å². The summed E-state index contributed by atoms with van der Waals surface area (Å²) >= 11 is 0. The molecule has 0 amide bonds. The van der Waals surface area contributed by atoms with Crippen molar-refractivity contribution >= 4 is 11.8 Å². The van der Waals surface area contributed by atoms with Crippen molar-refractivity contribution in [1.29, 1.82) is 0 Å². The van der Waals surface area contributed by atoms with Crippen LogP contribution in [-0.2, 0) is 11.3 Å². The van der Waals surface area contributed by atoms with Crippen LogP contribution in [0.1, 0.15) is 24.9 Å². The maximum atomic E-state index is 14.4. The van der Waals surface area contributed by atoms with Crippen LogP contribution in [0.25, 0.3) is 0 Å². The lowest BCUT2D eigenvalue weighted by Gasteiger charge is -2.43. The first-order valence-electron chi connectivity index (χ1n) is 9.81. The number of ether oxygens (including phenoxy) is 1. The van der Waals surface area contributed by atoms with E-state index in [0.717, 1.165) is 4.90 Å². The van der Waals surface area contributed by atoms with Crippen LogP contribution in [0.3, 0.4) is 0 Å². The second-order valence-electron chi connectivity index (χ2n) is 7.45. The van der Waals surface area contributed by atoms with E-state index in [9.17, 15) is 22.4 Å². The van der Waals surface area contributed by atoms with E-state index in [0.29, 0.717) is 32.1 Å². The zero-order valence-corrected chi connectivity index (χ0v) is 16.4. The van der Waals surface area contributed by atoms with Gasteiger partial charge in [0.25, 0.3) is 5.56 Å². The van der Waals surface area contributed by atoms with Crippen LogP contribution in [0, 0.1) is 5.82 Å². The molecule has 2 aromatic rings. The Morgan fingerprint density at radius 2 is 1.87 bits per heavy atom. The zero-order valence-electron chi connectivity index (χ0n) is 16.4. The van der Waals surface area contributed by atoms with Crippen LogP contribution < -0.4 is 15.4 Å². The highest BCUT2D eigenvalue weighted by Gasteiger charge is 2.48. The normalized spacial score (nSPS) is 20.8. The minimum Gasteiger partial charge on any atom is -0.378 e. The second kappa shape index (κ2) is 7.90. The number of alkyl halides is 3. The van der Waals surface area contributed by atoms with Crippen LogP contribution in [0.4, 0.5) is 29.3 Å². The lowest BCUT2D eigenvalue weighted by atomic mass is 10.0. The van der Waals surface area contributed by atoms with Crippen molar-refractivity contribution in [1.82, 2.24) is 9.55 Å². The molecule has 0 radical (unpaired) electrons. The van der Waals surface area contributed by atoms with Gasteiger partial charge < -0.3 is 14.5 Å². The van der Waals surface area contributed by atoms with E-state index in [2.05, 4.69) is 4.98 Å². The molecule has 0 bridgehead atoms. The number of hydrogen-bond donors (Lipinski definition) is 0. The van der Waals surface area contributed by atoms with Crippen molar-refractivity contribution in [2.45, 2.75) is 38.1 Å². The predicted octanol–water partition coefficient (Wildman–Crippen LogP) is 3.12. The minimum atomic E-state index is -4.56. The summed E-state index contributed by atoms with van der Waals surface area (Å²) in [6.07, 6.45) is -4.87. The van der Waals surface area contributed by atoms with Crippen LogP contribution in [0.15, 0.2) is 35.1 Å². The molecule has 0 spiro atoms. The van der Waals surface area contributed by atoms with Crippen molar-refractivity contribution in [2.75, 3.05) is 36.1 Å². The summed E-state index contributed by atoms with van der Waals surface area (Å²) in [5.74, 6) is -0.383. The molecule has 30 heavy (non-hydrogen) atoms. The molecule has 4 rings (SSSR count). The fourth-order valence-corrected chi connectivity index (χ4v) is 4.10. The van der Waals surface area contributed by atoms with Gasteiger partial charge in [0.05, 0.1) is 19.3 Å². The maximum Gasteiger partial charge on any atom is 0.408 e. The average Bonchev–Trinajstić information content (AvgIpc) is 2.72. The van der Waals surface area contributed by atoms with E-state index in [1.165, 1.54) is 35.8 Å². The van der Waals surface area contributed by atoms with E-state index in [4.69, 9.17) is 4.74 Å². The molecule has 6 nitrogen and oxygen atoms in total. The molecule has 1 fully saturated rings. The van der Waals surface area contributed by atoms with E-state index in [1.807, 2.05) is 4.90 Å². The molecular weight excluding hydrogens is 404 g/mol. The Labute approximate surface area is 170 Å². The third-order valence-electron chi connectivity index (χ3n) is 5.65. The predicted molar refractivity (Wildman–Crippen MR) is 103 cm³/mol. The number of nitrogens with zero attached hydrogens (tertiary/aromatic N) is 4. The largest absolute Gasteiger partial charge is 0.408 e. The first-order chi connectivity index (χ1) is 14.3. The van der Waals surface area contributed by atoms with E-state index < -0.39 is 29.6 Å². The summed E-state index contributed by atoms with van der Waals surface area (Å²) in [6.45, 7) is 3.26. The molecule has 1 aromatic carbocycles. The smallest absolute Gasteiger partial charge is 0.378 e. The van der Waals surface area contributed by atoms with Crippen LogP contribution in [0.5, 0.6) is 0 Å². The third kappa shape index (κ3) is 3.76. The van der Waals surface area contributed by atoms with Gasteiger partial charge in [-0.2, -0.15) is 18.2 Å². The van der Waals surface area contributed by atoms with Gasteiger partial charge in [0.1, 0.15) is 17.7 Å². The fraction of sp³-hybridized carbons (Fsp3) is 0.500. The van der Waals surface area contributed by atoms with Crippen LogP contribution >= 0.6 is 0 Å². The van der Waals surface area contributed by atoms with Crippen molar-refractivity contribution in [3.8, 4) is 0 Å². The highest BCUT2D eigenvalue weighted by atomic mass is 19.4. The summed E-state index contributed by atoms with van der Waals surface area (Å²) in [6, 6.07) is 4.21. The van der Waals surface area contributed by atoms with E-state index >= 15 is 0 Å². The molecule has 3 heterocycles. The molecule has 2 aliphatic rings. The molecular formula is C20H22F4N4O2. The number of benzene rings is 1. The number of rotatable bonds is 3. The molecule has 2 aliphatic heterocycles. The van der Waals surface area contributed by atoms with Gasteiger partial charge in [-0.05, 0) is 19.4 Å². The van der Waals surface area contributed by atoms with Gasteiger partial charge in [-0.3, -0.25) is 9.36 Å². The van der Waals surface area contributed by atoms with Crippen molar-refractivity contribution in [3.63, 3.8) is 0 Å².